The Labute approximate surface area is 154 Å². The number of hydrogen-bond acceptors (Lipinski definition) is 5. The molecule has 1 amide bonds. The number of nitrogens with zero attached hydrogens (tertiary/aromatic N) is 1. The summed E-state index contributed by atoms with van der Waals surface area (Å²) < 4.78 is 15.5. The SMILES string of the molecule is COc1ccc(/C=C/C(=O)OCC(=O)N(C)C2CCCCC2)c(OC)c1. The molecule has 0 aromatic heterocycles. The van der Waals surface area contributed by atoms with Gasteiger partial charge in [0.05, 0.1) is 14.2 Å². The number of carbonyl (C=O) groups is 2. The van der Waals surface area contributed by atoms with Crippen molar-refractivity contribution in [3.63, 3.8) is 0 Å². The van der Waals surface area contributed by atoms with E-state index in [0.717, 1.165) is 31.2 Å². The van der Waals surface area contributed by atoms with Crippen LogP contribution in [0.1, 0.15) is 37.7 Å². The molecular weight excluding hydrogens is 334 g/mol. The minimum Gasteiger partial charge on any atom is -0.497 e. The van der Waals surface area contributed by atoms with Gasteiger partial charge in [-0.2, -0.15) is 0 Å². The van der Waals surface area contributed by atoms with Crippen molar-refractivity contribution < 1.29 is 23.8 Å². The third kappa shape index (κ3) is 5.51. The molecule has 1 saturated carbocycles. The van der Waals surface area contributed by atoms with Gasteiger partial charge in [-0.3, -0.25) is 4.79 Å². The largest absolute Gasteiger partial charge is 0.497 e. The number of amides is 1. The number of benzene rings is 1. The molecule has 0 unspecified atom stereocenters. The Morgan fingerprint density at radius 2 is 1.88 bits per heavy atom. The van der Waals surface area contributed by atoms with Gasteiger partial charge in [-0.05, 0) is 31.1 Å². The van der Waals surface area contributed by atoms with E-state index in [1.54, 1.807) is 50.4 Å². The Hall–Kier alpha value is -2.50. The number of esters is 1. The first-order valence-electron chi connectivity index (χ1n) is 8.87. The highest BCUT2D eigenvalue weighted by Crippen LogP contribution is 2.25. The molecule has 0 bridgehead atoms. The highest BCUT2D eigenvalue weighted by Gasteiger charge is 2.22. The van der Waals surface area contributed by atoms with Gasteiger partial charge in [-0.1, -0.05) is 19.3 Å². The number of methoxy groups -OCH3 is 2. The molecule has 6 nitrogen and oxygen atoms in total. The van der Waals surface area contributed by atoms with Crippen molar-refractivity contribution in [3.8, 4) is 11.5 Å². The molecule has 1 fully saturated rings. The summed E-state index contributed by atoms with van der Waals surface area (Å²) in [5, 5.41) is 0. The first-order valence-corrected chi connectivity index (χ1v) is 8.87. The summed E-state index contributed by atoms with van der Waals surface area (Å²) in [5.74, 6) is 0.522. The van der Waals surface area contributed by atoms with Crippen molar-refractivity contribution in [1.82, 2.24) is 4.90 Å². The molecule has 0 atom stereocenters. The zero-order chi connectivity index (χ0) is 18.9. The van der Waals surface area contributed by atoms with Gasteiger partial charge < -0.3 is 19.1 Å². The number of likely N-dealkylation sites (N-methyl/N-ethyl adjacent to an activating group) is 1. The molecular formula is C20H27NO5. The summed E-state index contributed by atoms with van der Waals surface area (Å²) in [5.41, 5.74) is 0.718. The maximum atomic E-state index is 12.2. The number of carbonyl (C=O) groups excluding carboxylic acids is 2. The van der Waals surface area contributed by atoms with Gasteiger partial charge in [0, 0.05) is 30.8 Å². The van der Waals surface area contributed by atoms with Crippen molar-refractivity contribution in [2.24, 2.45) is 0 Å². The second-order valence-electron chi connectivity index (χ2n) is 6.35. The lowest BCUT2D eigenvalue weighted by Crippen LogP contribution is -2.40. The van der Waals surface area contributed by atoms with Crippen LogP contribution in [0, 0.1) is 0 Å². The third-order valence-electron chi connectivity index (χ3n) is 4.69. The predicted molar refractivity (Wildman–Crippen MR) is 99.2 cm³/mol. The number of rotatable bonds is 7. The van der Waals surface area contributed by atoms with E-state index in [-0.39, 0.29) is 18.6 Å². The van der Waals surface area contributed by atoms with Gasteiger partial charge in [-0.25, -0.2) is 4.79 Å². The summed E-state index contributed by atoms with van der Waals surface area (Å²) in [6.45, 7) is -0.240. The Kier molecular flexibility index (Phi) is 7.51. The maximum absolute atomic E-state index is 12.2. The lowest BCUT2D eigenvalue weighted by molar-refractivity contribution is -0.148. The standard InChI is InChI=1S/C20H27NO5/c1-21(16-7-5-4-6-8-16)19(22)14-26-20(23)12-10-15-9-11-17(24-2)13-18(15)25-3/h9-13,16H,4-8,14H2,1-3H3/b12-10+. The fraction of sp³-hybridized carbons (Fsp3) is 0.500. The maximum Gasteiger partial charge on any atom is 0.331 e. The van der Waals surface area contributed by atoms with E-state index in [0.29, 0.717) is 11.5 Å². The quantitative estimate of drug-likeness (QED) is 0.552. The summed E-state index contributed by atoms with van der Waals surface area (Å²) >= 11 is 0. The van der Waals surface area contributed by atoms with Crippen LogP contribution in [0.4, 0.5) is 0 Å². The molecule has 0 aliphatic heterocycles. The first-order chi connectivity index (χ1) is 12.5. The molecule has 2 rings (SSSR count). The smallest absolute Gasteiger partial charge is 0.331 e. The molecule has 0 radical (unpaired) electrons. The fourth-order valence-electron chi connectivity index (χ4n) is 3.07. The zero-order valence-electron chi connectivity index (χ0n) is 15.7. The molecule has 0 spiro atoms. The van der Waals surface area contributed by atoms with E-state index in [2.05, 4.69) is 0 Å². The molecule has 1 aliphatic rings. The second kappa shape index (κ2) is 9.85. The van der Waals surface area contributed by atoms with E-state index >= 15 is 0 Å². The van der Waals surface area contributed by atoms with Crippen LogP contribution in [-0.2, 0) is 14.3 Å². The van der Waals surface area contributed by atoms with Crippen LogP contribution >= 0.6 is 0 Å². The molecule has 1 aliphatic carbocycles. The molecule has 1 aromatic rings. The summed E-state index contributed by atoms with van der Waals surface area (Å²) in [7, 11) is 4.90. The molecule has 1 aromatic carbocycles. The monoisotopic (exact) mass is 361 g/mol. The summed E-state index contributed by atoms with van der Waals surface area (Å²) in [4.78, 5) is 25.8. The zero-order valence-corrected chi connectivity index (χ0v) is 15.7. The molecule has 0 saturated heterocycles. The van der Waals surface area contributed by atoms with Crippen molar-refractivity contribution in [3.05, 3.63) is 29.8 Å². The van der Waals surface area contributed by atoms with Crippen LogP contribution < -0.4 is 9.47 Å². The Morgan fingerprint density at radius 1 is 1.15 bits per heavy atom. The normalized spacial score (nSPS) is 14.9. The van der Waals surface area contributed by atoms with Gasteiger partial charge in [0.15, 0.2) is 6.61 Å². The van der Waals surface area contributed by atoms with Crippen LogP contribution in [0.25, 0.3) is 6.08 Å². The van der Waals surface area contributed by atoms with E-state index in [4.69, 9.17) is 14.2 Å². The van der Waals surface area contributed by atoms with Gasteiger partial charge in [0.1, 0.15) is 11.5 Å². The molecule has 0 heterocycles. The van der Waals surface area contributed by atoms with Crippen molar-refractivity contribution in [2.45, 2.75) is 38.1 Å². The Bertz CT molecular complexity index is 650. The first kappa shape index (κ1) is 19.8. The second-order valence-corrected chi connectivity index (χ2v) is 6.35. The topological polar surface area (TPSA) is 65.1 Å². The van der Waals surface area contributed by atoms with E-state index in [1.807, 2.05) is 0 Å². The van der Waals surface area contributed by atoms with Crippen LogP contribution in [0.3, 0.4) is 0 Å². The lowest BCUT2D eigenvalue weighted by atomic mass is 9.94. The lowest BCUT2D eigenvalue weighted by Gasteiger charge is -2.31. The van der Waals surface area contributed by atoms with E-state index in [9.17, 15) is 9.59 Å². The van der Waals surface area contributed by atoms with Gasteiger partial charge >= 0.3 is 5.97 Å². The highest BCUT2D eigenvalue weighted by molar-refractivity contribution is 5.89. The highest BCUT2D eigenvalue weighted by atomic mass is 16.5. The van der Waals surface area contributed by atoms with Crippen molar-refractivity contribution in [2.75, 3.05) is 27.9 Å². The van der Waals surface area contributed by atoms with Crippen LogP contribution in [-0.4, -0.2) is 50.7 Å². The minimum atomic E-state index is -0.562. The Morgan fingerprint density at radius 3 is 2.54 bits per heavy atom. The molecule has 6 heteroatoms. The predicted octanol–water partition coefficient (Wildman–Crippen LogP) is 3.05. The summed E-state index contributed by atoms with van der Waals surface area (Å²) in [6, 6.07) is 5.54. The summed E-state index contributed by atoms with van der Waals surface area (Å²) in [6.07, 6.45) is 8.45. The minimum absolute atomic E-state index is 0.166. The molecule has 142 valence electrons. The number of ether oxygens (including phenoxy) is 3. The van der Waals surface area contributed by atoms with Crippen LogP contribution in [0.5, 0.6) is 11.5 Å². The van der Waals surface area contributed by atoms with Gasteiger partial charge in [0.2, 0.25) is 0 Å². The average molecular weight is 361 g/mol. The fourth-order valence-corrected chi connectivity index (χ4v) is 3.07. The van der Waals surface area contributed by atoms with Gasteiger partial charge in [0.25, 0.3) is 5.91 Å². The molecule has 26 heavy (non-hydrogen) atoms. The van der Waals surface area contributed by atoms with Crippen molar-refractivity contribution in [1.29, 1.82) is 0 Å². The van der Waals surface area contributed by atoms with Crippen molar-refractivity contribution >= 4 is 18.0 Å². The van der Waals surface area contributed by atoms with Crippen LogP contribution in [0.2, 0.25) is 0 Å². The van der Waals surface area contributed by atoms with E-state index in [1.165, 1.54) is 12.5 Å². The number of hydrogen-bond donors (Lipinski definition) is 0. The Balaban J connectivity index is 1.86. The van der Waals surface area contributed by atoms with E-state index < -0.39 is 5.97 Å². The third-order valence-corrected chi connectivity index (χ3v) is 4.69. The average Bonchev–Trinajstić information content (AvgIpc) is 2.70. The molecule has 0 N–H and O–H groups in total. The van der Waals surface area contributed by atoms with Crippen LogP contribution in [0.15, 0.2) is 24.3 Å². The van der Waals surface area contributed by atoms with Gasteiger partial charge in [-0.15, -0.1) is 0 Å².